The molecule has 0 unspecified atom stereocenters. The van der Waals surface area contributed by atoms with Crippen LogP contribution in [0.15, 0.2) is 47.4 Å². The van der Waals surface area contributed by atoms with Crippen LogP contribution in [0.2, 0.25) is 0 Å². The van der Waals surface area contributed by atoms with Crippen LogP contribution in [0.4, 0.5) is 0 Å². The lowest BCUT2D eigenvalue weighted by Gasteiger charge is -2.18. The van der Waals surface area contributed by atoms with Crippen molar-refractivity contribution in [2.24, 2.45) is 0 Å². The second-order valence-corrected chi connectivity index (χ2v) is 8.24. The average Bonchev–Trinajstić information content (AvgIpc) is 2.63. The molecule has 0 saturated heterocycles. The Morgan fingerprint density at radius 1 is 1.00 bits per heavy atom. The number of sulfonamides is 1. The van der Waals surface area contributed by atoms with Gasteiger partial charge in [-0.15, -0.1) is 0 Å². The zero-order valence-corrected chi connectivity index (χ0v) is 16.7. The van der Waals surface area contributed by atoms with Gasteiger partial charge in [-0.05, 0) is 48.2 Å². The molecule has 0 radical (unpaired) electrons. The lowest BCUT2D eigenvalue weighted by molar-refractivity contribution is 0.146. The Hall–Kier alpha value is -1.89. The standard InChI is InChI=1S/C20H27NO4S/c1-5-17-6-8-18(9-7-17)15-21(3)26(22,23)19-10-11-20(16(2)14-19)25-13-12-24-4/h6-11,14H,5,12-13,15H2,1-4H3. The highest BCUT2D eigenvalue weighted by Crippen LogP contribution is 2.24. The SMILES string of the molecule is CCc1ccc(CN(C)S(=O)(=O)c2ccc(OCCOC)c(C)c2)cc1. The van der Waals surface area contributed by atoms with Crippen LogP contribution in [0.3, 0.4) is 0 Å². The first-order valence-corrected chi connectivity index (χ1v) is 10.1. The molecule has 0 spiro atoms. The van der Waals surface area contributed by atoms with Crippen LogP contribution in [0.1, 0.15) is 23.6 Å². The Bertz CT molecular complexity index is 816. The molecule has 0 bridgehead atoms. The maximum Gasteiger partial charge on any atom is 0.243 e. The number of rotatable bonds is 9. The maximum atomic E-state index is 12.8. The van der Waals surface area contributed by atoms with Gasteiger partial charge in [-0.3, -0.25) is 0 Å². The van der Waals surface area contributed by atoms with Crippen molar-refractivity contribution in [3.8, 4) is 5.75 Å². The number of hydrogen-bond acceptors (Lipinski definition) is 4. The maximum absolute atomic E-state index is 12.8. The van der Waals surface area contributed by atoms with E-state index in [0.29, 0.717) is 25.5 Å². The first-order valence-electron chi connectivity index (χ1n) is 8.65. The van der Waals surface area contributed by atoms with Gasteiger partial charge in [-0.1, -0.05) is 31.2 Å². The van der Waals surface area contributed by atoms with Crippen molar-refractivity contribution in [2.45, 2.75) is 31.7 Å². The number of nitrogens with zero attached hydrogens (tertiary/aromatic N) is 1. The summed E-state index contributed by atoms with van der Waals surface area (Å²) in [6.07, 6.45) is 0.965. The van der Waals surface area contributed by atoms with Crippen molar-refractivity contribution in [2.75, 3.05) is 27.4 Å². The van der Waals surface area contributed by atoms with E-state index < -0.39 is 10.0 Å². The zero-order valence-electron chi connectivity index (χ0n) is 15.9. The number of methoxy groups -OCH3 is 1. The topological polar surface area (TPSA) is 55.8 Å². The molecular formula is C20H27NO4S. The van der Waals surface area contributed by atoms with Crippen molar-refractivity contribution in [3.63, 3.8) is 0 Å². The van der Waals surface area contributed by atoms with Crippen molar-refractivity contribution < 1.29 is 17.9 Å². The molecule has 6 heteroatoms. The normalized spacial score (nSPS) is 11.7. The Labute approximate surface area is 156 Å². The number of ether oxygens (including phenoxy) is 2. The Morgan fingerprint density at radius 3 is 2.23 bits per heavy atom. The molecule has 0 aliphatic carbocycles. The van der Waals surface area contributed by atoms with E-state index in [-0.39, 0.29) is 4.90 Å². The summed E-state index contributed by atoms with van der Waals surface area (Å²) in [5.74, 6) is 0.666. The van der Waals surface area contributed by atoms with Crippen LogP contribution in [0.25, 0.3) is 0 Å². The van der Waals surface area contributed by atoms with Gasteiger partial charge in [-0.2, -0.15) is 4.31 Å². The Kier molecular flexibility index (Phi) is 7.20. The van der Waals surface area contributed by atoms with Crippen LogP contribution in [0.5, 0.6) is 5.75 Å². The fraction of sp³-hybridized carbons (Fsp3) is 0.400. The summed E-state index contributed by atoms with van der Waals surface area (Å²) >= 11 is 0. The fourth-order valence-electron chi connectivity index (χ4n) is 2.58. The molecule has 0 amide bonds. The van der Waals surface area contributed by atoms with Crippen LogP contribution in [-0.2, 0) is 27.7 Å². The van der Waals surface area contributed by atoms with E-state index in [4.69, 9.17) is 9.47 Å². The lowest BCUT2D eigenvalue weighted by atomic mass is 10.1. The van der Waals surface area contributed by atoms with Gasteiger partial charge in [0.1, 0.15) is 12.4 Å². The molecule has 26 heavy (non-hydrogen) atoms. The Balaban J connectivity index is 2.13. The summed E-state index contributed by atoms with van der Waals surface area (Å²) in [5, 5.41) is 0. The smallest absolute Gasteiger partial charge is 0.243 e. The van der Waals surface area contributed by atoms with Gasteiger partial charge in [0, 0.05) is 20.7 Å². The summed E-state index contributed by atoms with van der Waals surface area (Å²) in [5.41, 5.74) is 2.98. The molecule has 0 aromatic heterocycles. The highest BCUT2D eigenvalue weighted by molar-refractivity contribution is 7.89. The largest absolute Gasteiger partial charge is 0.491 e. The molecule has 0 aliphatic rings. The molecule has 0 saturated carbocycles. The highest BCUT2D eigenvalue weighted by atomic mass is 32.2. The predicted molar refractivity (Wildman–Crippen MR) is 103 cm³/mol. The molecule has 142 valence electrons. The third-order valence-corrected chi connectivity index (χ3v) is 6.04. The van der Waals surface area contributed by atoms with Gasteiger partial charge in [0.25, 0.3) is 0 Å². The molecule has 0 heterocycles. The molecule has 5 nitrogen and oxygen atoms in total. The fourth-order valence-corrected chi connectivity index (χ4v) is 3.83. The van der Waals surface area contributed by atoms with Crippen molar-refractivity contribution in [1.29, 1.82) is 0 Å². The van der Waals surface area contributed by atoms with E-state index in [9.17, 15) is 8.42 Å². The number of benzene rings is 2. The second kappa shape index (κ2) is 9.16. The minimum atomic E-state index is -3.56. The number of hydrogen-bond donors (Lipinski definition) is 0. The van der Waals surface area contributed by atoms with Gasteiger partial charge >= 0.3 is 0 Å². The van der Waals surface area contributed by atoms with Crippen molar-refractivity contribution >= 4 is 10.0 Å². The van der Waals surface area contributed by atoms with Crippen LogP contribution in [0, 0.1) is 6.92 Å². The van der Waals surface area contributed by atoms with E-state index in [1.807, 2.05) is 31.2 Å². The summed E-state index contributed by atoms with van der Waals surface area (Å²) < 4.78 is 37.6. The first-order chi connectivity index (χ1) is 12.4. The van der Waals surface area contributed by atoms with Gasteiger partial charge in [0.2, 0.25) is 10.0 Å². The van der Waals surface area contributed by atoms with Crippen molar-refractivity contribution in [1.82, 2.24) is 4.31 Å². The van der Waals surface area contributed by atoms with E-state index in [2.05, 4.69) is 6.92 Å². The second-order valence-electron chi connectivity index (χ2n) is 6.20. The Morgan fingerprint density at radius 2 is 1.65 bits per heavy atom. The quantitative estimate of drug-likeness (QED) is 0.629. The zero-order chi connectivity index (χ0) is 19.2. The van der Waals surface area contributed by atoms with Gasteiger partial charge < -0.3 is 9.47 Å². The molecule has 2 rings (SSSR count). The van der Waals surface area contributed by atoms with Crippen molar-refractivity contribution in [3.05, 3.63) is 59.2 Å². The lowest BCUT2D eigenvalue weighted by Crippen LogP contribution is -2.26. The van der Waals surface area contributed by atoms with E-state index in [1.165, 1.54) is 9.87 Å². The molecule has 0 fully saturated rings. The molecular weight excluding hydrogens is 350 g/mol. The summed E-state index contributed by atoms with van der Waals surface area (Å²) in [7, 11) is -0.357. The summed E-state index contributed by atoms with van der Waals surface area (Å²) in [4.78, 5) is 0.266. The minimum Gasteiger partial charge on any atom is -0.491 e. The third kappa shape index (κ3) is 5.06. The molecule has 0 atom stereocenters. The predicted octanol–water partition coefficient (Wildman–Crippen LogP) is 3.40. The highest BCUT2D eigenvalue weighted by Gasteiger charge is 2.21. The average molecular weight is 378 g/mol. The van der Waals surface area contributed by atoms with Crippen LogP contribution < -0.4 is 4.74 Å². The third-order valence-electron chi connectivity index (χ3n) is 4.24. The van der Waals surface area contributed by atoms with Crippen LogP contribution >= 0.6 is 0 Å². The van der Waals surface area contributed by atoms with E-state index >= 15 is 0 Å². The van der Waals surface area contributed by atoms with Gasteiger partial charge in [-0.25, -0.2) is 8.42 Å². The summed E-state index contributed by atoms with van der Waals surface area (Å²) in [6.45, 7) is 5.18. The van der Waals surface area contributed by atoms with Gasteiger partial charge in [0.15, 0.2) is 0 Å². The minimum absolute atomic E-state index is 0.266. The molecule has 2 aromatic rings. The van der Waals surface area contributed by atoms with Gasteiger partial charge in [0.05, 0.1) is 11.5 Å². The molecule has 2 aromatic carbocycles. The van der Waals surface area contributed by atoms with E-state index in [1.54, 1.807) is 32.4 Å². The number of aryl methyl sites for hydroxylation is 2. The molecule has 0 aliphatic heterocycles. The van der Waals surface area contributed by atoms with Crippen LogP contribution in [-0.4, -0.2) is 40.1 Å². The summed E-state index contributed by atoms with van der Waals surface area (Å²) in [6, 6.07) is 12.9. The molecule has 0 N–H and O–H groups in total. The monoisotopic (exact) mass is 377 g/mol. The van der Waals surface area contributed by atoms with E-state index in [0.717, 1.165) is 17.5 Å². The first kappa shape index (κ1) is 20.4.